The highest BCUT2D eigenvalue weighted by molar-refractivity contribution is 9.10. The number of carbonyl (C=O) groups is 1. The molecule has 158 valence electrons. The third-order valence-electron chi connectivity index (χ3n) is 4.54. The topological polar surface area (TPSA) is 95.1 Å². The molecule has 1 amide bonds. The molecule has 0 aliphatic carbocycles. The second-order valence-electron chi connectivity index (χ2n) is 6.73. The minimum atomic E-state index is -0.439. The van der Waals surface area contributed by atoms with E-state index in [9.17, 15) is 4.79 Å². The van der Waals surface area contributed by atoms with E-state index in [4.69, 9.17) is 9.26 Å². The molecule has 2 heterocycles. The molecule has 0 bridgehead atoms. The van der Waals surface area contributed by atoms with Gasteiger partial charge in [0, 0.05) is 17.2 Å². The predicted octanol–water partition coefficient (Wildman–Crippen LogP) is 4.32. The van der Waals surface area contributed by atoms with Crippen molar-refractivity contribution in [2.75, 3.05) is 6.61 Å². The fraction of sp³-hybridized carbons (Fsp3) is 0.182. The first-order valence-corrected chi connectivity index (χ1v) is 10.5. The Balaban J connectivity index is 1.44. The van der Waals surface area contributed by atoms with Gasteiger partial charge in [-0.05, 0) is 55.8 Å². The summed E-state index contributed by atoms with van der Waals surface area (Å²) in [5.41, 5.74) is 3.25. The Morgan fingerprint density at radius 1 is 1.16 bits per heavy atom. The molecule has 0 saturated carbocycles. The molecule has 0 fully saturated rings. The van der Waals surface area contributed by atoms with Crippen LogP contribution in [0.15, 0.2) is 63.7 Å². The van der Waals surface area contributed by atoms with Gasteiger partial charge >= 0.3 is 11.8 Å². The van der Waals surface area contributed by atoms with Crippen molar-refractivity contribution in [3.8, 4) is 22.8 Å². The Morgan fingerprint density at radius 3 is 2.61 bits per heavy atom. The summed E-state index contributed by atoms with van der Waals surface area (Å²) in [4.78, 5) is 16.7. The van der Waals surface area contributed by atoms with Crippen molar-refractivity contribution in [3.63, 3.8) is 0 Å². The van der Waals surface area contributed by atoms with Gasteiger partial charge in [-0.15, -0.1) is 0 Å². The summed E-state index contributed by atoms with van der Waals surface area (Å²) in [6.07, 6.45) is 1.81. The van der Waals surface area contributed by atoms with Crippen LogP contribution in [0.25, 0.3) is 17.1 Å². The lowest BCUT2D eigenvalue weighted by Gasteiger charge is -2.05. The third kappa shape index (κ3) is 4.83. The maximum Gasteiger partial charge on any atom is 0.316 e. The second kappa shape index (κ2) is 9.13. The SMILES string of the molecule is CCOc1ccc(CNC(=O)c2nc(-c3cn(-c4ccc(Br)cc4)nc3C)no2)cc1. The normalized spacial score (nSPS) is 10.8. The van der Waals surface area contributed by atoms with Crippen LogP contribution in [0, 0.1) is 6.92 Å². The molecule has 2 aromatic carbocycles. The quantitative estimate of drug-likeness (QED) is 0.422. The van der Waals surface area contributed by atoms with Crippen molar-refractivity contribution in [1.82, 2.24) is 25.2 Å². The minimum Gasteiger partial charge on any atom is -0.494 e. The standard InChI is InChI=1S/C22H20BrN5O3/c1-3-30-18-10-4-15(5-11-18)12-24-21(29)22-25-20(27-31-22)19-13-28(26-14(19)2)17-8-6-16(23)7-9-17/h4-11,13H,3,12H2,1-2H3,(H,24,29). The second-order valence-corrected chi connectivity index (χ2v) is 7.65. The van der Waals surface area contributed by atoms with Crippen molar-refractivity contribution >= 4 is 21.8 Å². The van der Waals surface area contributed by atoms with Crippen molar-refractivity contribution in [1.29, 1.82) is 0 Å². The highest BCUT2D eigenvalue weighted by atomic mass is 79.9. The lowest BCUT2D eigenvalue weighted by molar-refractivity contribution is 0.0907. The van der Waals surface area contributed by atoms with Gasteiger partial charge in [0.1, 0.15) is 5.75 Å². The maximum atomic E-state index is 12.4. The van der Waals surface area contributed by atoms with Crippen LogP contribution >= 0.6 is 15.9 Å². The zero-order valence-corrected chi connectivity index (χ0v) is 18.6. The number of nitrogens with zero attached hydrogens (tertiary/aromatic N) is 4. The molecule has 4 aromatic rings. The molecule has 1 N–H and O–H groups in total. The zero-order chi connectivity index (χ0) is 21.8. The third-order valence-corrected chi connectivity index (χ3v) is 5.07. The van der Waals surface area contributed by atoms with Crippen LogP contribution in [-0.4, -0.2) is 32.4 Å². The number of aryl methyl sites for hydroxylation is 1. The van der Waals surface area contributed by atoms with Crippen LogP contribution in [-0.2, 0) is 6.54 Å². The van der Waals surface area contributed by atoms with E-state index < -0.39 is 5.91 Å². The summed E-state index contributed by atoms with van der Waals surface area (Å²) in [6.45, 7) is 4.73. The fourth-order valence-corrected chi connectivity index (χ4v) is 3.22. The molecule has 8 nitrogen and oxygen atoms in total. The van der Waals surface area contributed by atoms with Crippen molar-refractivity contribution in [2.45, 2.75) is 20.4 Å². The molecule has 0 atom stereocenters. The van der Waals surface area contributed by atoms with Gasteiger partial charge in [-0.1, -0.05) is 33.2 Å². The van der Waals surface area contributed by atoms with E-state index in [0.717, 1.165) is 27.2 Å². The number of ether oxygens (including phenoxy) is 1. The average Bonchev–Trinajstić information content (AvgIpc) is 3.41. The summed E-state index contributed by atoms with van der Waals surface area (Å²) in [5, 5.41) is 11.2. The Bertz CT molecular complexity index is 1180. The number of aromatic nitrogens is 4. The fourth-order valence-electron chi connectivity index (χ4n) is 2.96. The van der Waals surface area contributed by atoms with E-state index in [1.54, 1.807) is 4.68 Å². The minimum absolute atomic E-state index is 0.100. The van der Waals surface area contributed by atoms with E-state index in [1.807, 2.05) is 68.6 Å². The Labute approximate surface area is 187 Å². The first-order chi connectivity index (χ1) is 15.0. The van der Waals surface area contributed by atoms with Crippen LogP contribution in [0.1, 0.15) is 28.9 Å². The zero-order valence-electron chi connectivity index (χ0n) is 17.0. The smallest absolute Gasteiger partial charge is 0.316 e. The summed E-state index contributed by atoms with van der Waals surface area (Å²) < 4.78 is 13.3. The lowest BCUT2D eigenvalue weighted by Crippen LogP contribution is -2.23. The largest absolute Gasteiger partial charge is 0.494 e. The van der Waals surface area contributed by atoms with Gasteiger partial charge in [0.25, 0.3) is 0 Å². The first kappa shape index (κ1) is 20.8. The monoisotopic (exact) mass is 481 g/mol. The van der Waals surface area contributed by atoms with Gasteiger partial charge in [0.05, 0.1) is 23.6 Å². The summed E-state index contributed by atoms with van der Waals surface area (Å²) in [5.74, 6) is 0.563. The number of amides is 1. The summed E-state index contributed by atoms with van der Waals surface area (Å²) >= 11 is 3.42. The van der Waals surface area contributed by atoms with E-state index in [1.165, 1.54) is 0 Å². The Hall–Kier alpha value is -3.46. The molecule has 0 spiro atoms. The molecular weight excluding hydrogens is 462 g/mol. The average molecular weight is 482 g/mol. The summed E-state index contributed by atoms with van der Waals surface area (Å²) in [6, 6.07) is 15.3. The van der Waals surface area contributed by atoms with Gasteiger partial charge in [0.15, 0.2) is 0 Å². The van der Waals surface area contributed by atoms with Gasteiger partial charge in [-0.25, -0.2) is 4.68 Å². The molecule has 0 aliphatic heterocycles. The van der Waals surface area contributed by atoms with E-state index in [2.05, 4.69) is 36.5 Å². The van der Waals surface area contributed by atoms with E-state index in [0.29, 0.717) is 24.5 Å². The highest BCUT2D eigenvalue weighted by Gasteiger charge is 2.19. The first-order valence-electron chi connectivity index (χ1n) is 9.69. The number of hydrogen-bond acceptors (Lipinski definition) is 6. The molecule has 2 aromatic heterocycles. The van der Waals surface area contributed by atoms with Crippen LogP contribution in [0.3, 0.4) is 0 Å². The summed E-state index contributed by atoms with van der Waals surface area (Å²) in [7, 11) is 0. The Kier molecular flexibility index (Phi) is 6.13. The molecular formula is C22H20BrN5O3. The van der Waals surface area contributed by atoms with Gasteiger partial charge in [0.2, 0.25) is 5.82 Å². The Morgan fingerprint density at radius 2 is 1.90 bits per heavy atom. The number of hydrogen-bond donors (Lipinski definition) is 1. The van der Waals surface area contributed by atoms with Gasteiger partial charge in [-0.2, -0.15) is 10.1 Å². The van der Waals surface area contributed by atoms with E-state index >= 15 is 0 Å². The van der Waals surface area contributed by atoms with Crippen molar-refractivity contribution < 1.29 is 14.1 Å². The predicted molar refractivity (Wildman–Crippen MR) is 118 cm³/mol. The lowest BCUT2D eigenvalue weighted by atomic mass is 10.2. The number of carbonyl (C=O) groups excluding carboxylic acids is 1. The molecule has 0 radical (unpaired) electrons. The maximum absolute atomic E-state index is 12.4. The van der Waals surface area contributed by atoms with Crippen LogP contribution < -0.4 is 10.1 Å². The number of nitrogens with one attached hydrogen (secondary N) is 1. The molecule has 4 rings (SSSR count). The number of benzene rings is 2. The van der Waals surface area contributed by atoms with Crippen molar-refractivity contribution in [2.24, 2.45) is 0 Å². The van der Waals surface area contributed by atoms with Gasteiger partial charge in [-0.3, -0.25) is 4.79 Å². The highest BCUT2D eigenvalue weighted by Crippen LogP contribution is 2.22. The molecule has 9 heteroatoms. The number of halogens is 1. The van der Waals surface area contributed by atoms with Crippen LogP contribution in [0.4, 0.5) is 0 Å². The van der Waals surface area contributed by atoms with Crippen molar-refractivity contribution in [3.05, 3.63) is 76.3 Å². The molecule has 0 unspecified atom stereocenters. The van der Waals surface area contributed by atoms with E-state index in [-0.39, 0.29) is 5.89 Å². The molecule has 0 aliphatic rings. The molecule has 0 saturated heterocycles. The van der Waals surface area contributed by atoms with Crippen LogP contribution in [0.2, 0.25) is 0 Å². The van der Waals surface area contributed by atoms with Gasteiger partial charge < -0.3 is 14.6 Å². The molecule has 31 heavy (non-hydrogen) atoms. The number of rotatable bonds is 7. The van der Waals surface area contributed by atoms with Crippen LogP contribution in [0.5, 0.6) is 5.75 Å².